The Morgan fingerprint density at radius 2 is 2.14 bits per heavy atom. The van der Waals surface area contributed by atoms with E-state index in [-0.39, 0.29) is 16.3 Å². The van der Waals surface area contributed by atoms with Gasteiger partial charge >= 0.3 is 0 Å². The van der Waals surface area contributed by atoms with Gasteiger partial charge in [0.1, 0.15) is 10.7 Å². The minimum atomic E-state index is -0.148. The van der Waals surface area contributed by atoms with Crippen LogP contribution in [0.15, 0.2) is 18.3 Å². The zero-order valence-electron chi connectivity index (χ0n) is 12.6. The molecular weight excluding hydrogens is 284 g/mol. The first-order valence-corrected chi connectivity index (χ1v) is 7.53. The summed E-state index contributed by atoms with van der Waals surface area (Å²) in [5.74, 6) is -0.148. The van der Waals surface area contributed by atoms with E-state index in [4.69, 9.17) is 18.0 Å². The highest BCUT2D eigenvalue weighted by Gasteiger charge is 2.29. The number of nitrogens with zero attached hydrogens (tertiary/aromatic N) is 2. The molecule has 1 aliphatic heterocycles. The highest BCUT2D eigenvalue weighted by atomic mass is 32.1. The number of rotatable bonds is 4. The third kappa shape index (κ3) is 4.22. The molecule has 1 aromatic heterocycles. The van der Waals surface area contributed by atoms with Gasteiger partial charge in [-0.2, -0.15) is 0 Å². The van der Waals surface area contributed by atoms with Crippen LogP contribution in [0.5, 0.6) is 0 Å². The summed E-state index contributed by atoms with van der Waals surface area (Å²) in [6.07, 6.45) is 3.73. The van der Waals surface area contributed by atoms with Gasteiger partial charge in [0.25, 0.3) is 5.91 Å². The SMILES string of the molecule is CN1CCC(C)(CNC(=O)c2ccc(C(N)=S)cn2)CC1. The van der Waals surface area contributed by atoms with Gasteiger partial charge in [0, 0.05) is 18.3 Å². The van der Waals surface area contributed by atoms with Crippen molar-refractivity contribution in [2.24, 2.45) is 11.1 Å². The third-order valence-corrected chi connectivity index (χ3v) is 4.39. The topological polar surface area (TPSA) is 71.2 Å². The number of thiocarbonyl (C=S) groups is 1. The van der Waals surface area contributed by atoms with Crippen LogP contribution in [0.4, 0.5) is 0 Å². The molecule has 1 fully saturated rings. The molecule has 0 bridgehead atoms. The van der Waals surface area contributed by atoms with Crippen molar-refractivity contribution in [3.63, 3.8) is 0 Å². The summed E-state index contributed by atoms with van der Waals surface area (Å²) in [4.78, 5) is 18.8. The third-order valence-electron chi connectivity index (χ3n) is 4.15. The van der Waals surface area contributed by atoms with Crippen molar-refractivity contribution >= 4 is 23.1 Å². The summed E-state index contributed by atoms with van der Waals surface area (Å²) in [6, 6.07) is 3.38. The van der Waals surface area contributed by atoms with E-state index in [1.807, 2.05) is 0 Å². The first kappa shape index (κ1) is 15.9. The Bertz CT molecular complexity index is 521. The zero-order chi connectivity index (χ0) is 15.5. The molecule has 21 heavy (non-hydrogen) atoms. The number of carbonyl (C=O) groups excluding carboxylic acids is 1. The van der Waals surface area contributed by atoms with E-state index in [9.17, 15) is 4.79 Å². The van der Waals surface area contributed by atoms with E-state index in [1.54, 1.807) is 12.1 Å². The van der Waals surface area contributed by atoms with Crippen LogP contribution < -0.4 is 11.1 Å². The average Bonchev–Trinajstić information content (AvgIpc) is 2.48. The number of nitrogens with two attached hydrogens (primary N) is 1. The monoisotopic (exact) mass is 306 g/mol. The van der Waals surface area contributed by atoms with Gasteiger partial charge in [0.15, 0.2) is 0 Å². The second-order valence-corrected chi connectivity index (χ2v) is 6.53. The van der Waals surface area contributed by atoms with Crippen LogP contribution in [0.3, 0.4) is 0 Å². The summed E-state index contributed by atoms with van der Waals surface area (Å²) < 4.78 is 0. The van der Waals surface area contributed by atoms with Gasteiger partial charge in [-0.25, -0.2) is 0 Å². The summed E-state index contributed by atoms with van der Waals surface area (Å²) in [6.45, 7) is 5.06. The lowest BCUT2D eigenvalue weighted by atomic mass is 9.80. The number of hydrogen-bond acceptors (Lipinski definition) is 4. The molecule has 0 aromatic carbocycles. The van der Waals surface area contributed by atoms with Crippen molar-refractivity contribution in [1.82, 2.24) is 15.2 Å². The van der Waals surface area contributed by atoms with E-state index in [0.29, 0.717) is 17.8 Å². The molecule has 2 rings (SSSR count). The number of hydrogen-bond donors (Lipinski definition) is 2. The average molecular weight is 306 g/mol. The molecule has 0 atom stereocenters. The quantitative estimate of drug-likeness (QED) is 0.817. The molecule has 1 saturated heterocycles. The fourth-order valence-electron chi connectivity index (χ4n) is 2.39. The van der Waals surface area contributed by atoms with Gasteiger partial charge in [-0.1, -0.05) is 19.1 Å². The molecule has 3 N–H and O–H groups in total. The Morgan fingerprint density at radius 1 is 1.48 bits per heavy atom. The molecule has 0 aliphatic carbocycles. The molecular formula is C15H22N4OS. The van der Waals surface area contributed by atoms with Gasteiger partial charge in [-0.05, 0) is 50.5 Å². The Hall–Kier alpha value is -1.53. The molecule has 0 radical (unpaired) electrons. The number of amides is 1. The number of piperidine rings is 1. The molecule has 0 spiro atoms. The Morgan fingerprint density at radius 3 is 2.67 bits per heavy atom. The molecule has 1 aromatic rings. The predicted octanol–water partition coefficient (Wildman–Crippen LogP) is 1.18. The smallest absolute Gasteiger partial charge is 0.269 e. The maximum absolute atomic E-state index is 12.1. The van der Waals surface area contributed by atoms with E-state index < -0.39 is 0 Å². The van der Waals surface area contributed by atoms with Crippen LogP contribution in [0.25, 0.3) is 0 Å². The molecule has 0 unspecified atom stereocenters. The van der Waals surface area contributed by atoms with Crippen molar-refractivity contribution < 1.29 is 4.79 Å². The van der Waals surface area contributed by atoms with Gasteiger partial charge in [-0.15, -0.1) is 0 Å². The van der Waals surface area contributed by atoms with Crippen LogP contribution in [0, 0.1) is 5.41 Å². The number of carbonyl (C=O) groups is 1. The van der Waals surface area contributed by atoms with Gasteiger partial charge in [-0.3, -0.25) is 9.78 Å². The summed E-state index contributed by atoms with van der Waals surface area (Å²) in [5.41, 5.74) is 6.74. The van der Waals surface area contributed by atoms with Crippen molar-refractivity contribution in [2.45, 2.75) is 19.8 Å². The lowest BCUT2D eigenvalue weighted by molar-refractivity contribution is 0.0887. The highest BCUT2D eigenvalue weighted by molar-refractivity contribution is 7.80. The first-order chi connectivity index (χ1) is 9.89. The largest absolute Gasteiger partial charge is 0.389 e. The lowest BCUT2D eigenvalue weighted by Gasteiger charge is -2.37. The molecule has 5 nitrogen and oxygen atoms in total. The zero-order valence-corrected chi connectivity index (χ0v) is 13.4. The van der Waals surface area contributed by atoms with E-state index >= 15 is 0 Å². The van der Waals surface area contributed by atoms with Crippen molar-refractivity contribution in [2.75, 3.05) is 26.7 Å². The van der Waals surface area contributed by atoms with E-state index in [2.05, 4.69) is 29.2 Å². The normalized spacial score (nSPS) is 18.2. The van der Waals surface area contributed by atoms with Gasteiger partial charge in [0.05, 0.1) is 0 Å². The van der Waals surface area contributed by atoms with Crippen molar-refractivity contribution in [3.8, 4) is 0 Å². The fraction of sp³-hybridized carbons (Fsp3) is 0.533. The minimum absolute atomic E-state index is 0.148. The van der Waals surface area contributed by atoms with Crippen LogP contribution in [-0.4, -0.2) is 47.5 Å². The highest BCUT2D eigenvalue weighted by Crippen LogP contribution is 2.29. The molecule has 1 aliphatic rings. The number of nitrogens with one attached hydrogen (secondary N) is 1. The van der Waals surface area contributed by atoms with Gasteiger partial charge < -0.3 is 16.0 Å². The van der Waals surface area contributed by atoms with Crippen molar-refractivity contribution in [1.29, 1.82) is 0 Å². The molecule has 1 amide bonds. The summed E-state index contributed by atoms with van der Waals surface area (Å²) >= 11 is 4.86. The summed E-state index contributed by atoms with van der Waals surface area (Å²) in [7, 11) is 2.13. The van der Waals surface area contributed by atoms with Crippen LogP contribution in [0.2, 0.25) is 0 Å². The molecule has 2 heterocycles. The maximum atomic E-state index is 12.1. The number of pyridine rings is 1. The van der Waals surface area contributed by atoms with E-state index in [0.717, 1.165) is 25.9 Å². The Labute approximate surface area is 130 Å². The lowest BCUT2D eigenvalue weighted by Crippen LogP contribution is -2.43. The minimum Gasteiger partial charge on any atom is -0.389 e. The number of likely N-dealkylation sites (tertiary alicyclic amines) is 1. The fourth-order valence-corrected chi connectivity index (χ4v) is 2.51. The Kier molecular flexibility index (Phi) is 4.90. The molecule has 0 saturated carbocycles. The van der Waals surface area contributed by atoms with Crippen LogP contribution >= 0.6 is 12.2 Å². The second-order valence-electron chi connectivity index (χ2n) is 6.09. The summed E-state index contributed by atoms with van der Waals surface area (Å²) in [5, 5.41) is 2.99. The number of aromatic nitrogens is 1. The van der Waals surface area contributed by atoms with Gasteiger partial charge in [0.2, 0.25) is 0 Å². The van der Waals surface area contributed by atoms with Crippen LogP contribution in [0.1, 0.15) is 35.8 Å². The molecule has 114 valence electrons. The molecule has 6 heteroatoms. The first-order valence-electron chi connectivity index (χ1n) is 7.12. The second kappa shape index (κ2) is 6.49. The Balaban J connectivity index is 1.91. The van der Waals surface area contributed by atoms with Crippen LogP contribution in [-0.2, 0) is 0 Å². The van der Waals surface area contributed by atoms with Crippen molar-refractivity contribution in [3.05, 3.63) is 29.6 Å². The maximum Gasteiger partial charge on any atom is 0.269 e. The standard InChI is InChI=1S/C15H22N4OS/c1-15(5-7-19(2)8-6-15)10-18-14(20)12-4-3-11(9-17-12)13(16)21/h3-4,9H,5-8,10H2,1-2H3,(H2,16,21)(H,18,20). The van der Waals surface area contributed by atoms with E-state index in [1.165, 1.54) is 6.20 Å². The predicted molar refractivity (Wildman–Crippen MR) is 87.3 cm³/mol.